The van der Waals surface area contributed by atoms with Crippen LogP contribution in [0.15, 0.2) is 22.9 Å². The summed E-state index contributed by atoms with van der Waals surface area (Å²) in [5.41, 5.74) is 3.44. The van der Waals surface area contributed by atoms with Crippen molar-refractivity contribution in [2.45, 2.75) is 25.7 Å². The van der Waals surface area contributed by atoms with Gasteiger partial charge >= 0.3 is 0 Å². The molecule has 3 heterocycles. The highest BCUT2D eigenvalue weighted by atomic mass is 79.9. The van der Waals surface area contributed by atoms with E-state index in [1.807, 2.05) is 0 Å². The highest BCUT2D eigenvalue weighted by Gasteiger charge is 2.22. The van der Waals surface area contributed by atoms with Crippen molar-refractivity contribution in [2.75, 3.05) is 13.2 Å². The summed E-state index contributed by atoms with van der Waals surface area (Å²) in [6.07, 6.45) is 4.26. The number of hydrogen-bond donors (Lipinski definition) is 0. The zero-order chi connectivity index (χ0) is 11.8. The van der Waals surface area contributed by atoms with Crippen LogP contribution in [-0.4, -0.2) is 22.6 Å². The Labute approximate surface area is 109 Å². The summed E-state index contributed by atoms with van der Waals surface area (Å²) in [6.45, 7) is 3.80. The molecule has 0 spiro atoms. The van der Waals surface area contributed by atoms with Gasteiger partial charge in [-0.1, -0.05) is 6.07 Å². The van der Waals surface area contributed by atoms with Crippen molar-refractivity contribution < 1.29 is 4.74 Å². The molecular weight excluding hydrogens is 280 g/mol. The van der Waals surface area contributed by atoms with Crippen LogP contribution in [0, 0.1) is 6.92 Å². The first kappa shape index (κ1) is 11.2. The molecule has 1 aliphatic rings. The molecule has 1 aliphatic heterocycles. The van der Waals surface area contributed by atoms with Gasteiger partial charge in [0.25, 0.3) is 0 Å². The van der Waals surface area contributed by atoms with Crippen molar-refractivity contribution in [1.82, 2.24) is 9.38 Å². The summed E-state index contributed by atoms with van der Waals surface area (Å²) in [5, 5.41) is 0. The van der Waals surface area contributed by atoms with E-state index in [9.17, 15) is 0 Å². The molecule has 0 amide bonds. The fourth-order valence-corrected chi connectivity index (χ4v) is 3.07. The van der Waals surface area contributed by atoms with Gasteiger partial charge in [-0.2, -0.15) is 0 Å². The number of fused-ring (bicyclic) bond motifs is 1. The molecule has 3 nitrogen and oxygen atoms in total. The molecule has 0 radical (unpaired) electrons. The van der Waals surface area contributed by atoms with Gasteiger partial charge in [-0.05, 0) is 47.3 Å². The lowest BCUT2D eigenvalue weighted by atomic mass is 9.97. The molecule has 90 valence electrons. The van der Waals surface area contributed by atoms with E-state index in [0.29, 0.717) is 5.92 Å². The van der Waals surface area contributed by atoms with Crippen molar-refractivity contribution >= 4 is 21.6 Å². The van der Waals surface area contributed by atoms with E-state index in [-0.39, 0.29) is 0 Å². The quantitative estimate of drug-likeness (QED) is 0.807. The van der Waals surface area contributed by atoms with Crippen LogP contribution in [0.25, 0.3) is 5.65 Å². The monoisotopic (exact) mass is 294 g/mol. The summed E-state index contributed by atoms with van der Waals surface area (Å²) in [6, 6.07) is 4.17. The molecule has 2 aromatic rings. The fraction of sp³-hybridized carbons (Fsp3) is 0.462. The lowest BCUT2D eigenvalue weighted by molar-refractivity contribution is 0.0844. The molecule has 0 aliphatic carbocycles. The Hall–Kier alpha value is -0.870. The van der Waals surface area contributed by atoms with Crippen LogP contribution in [0.3, 0.4) is 0 Å². The number of aromatic nitrogens is 2. The molecule has 2 aromatic heterocycles. The van der Waals surface area contributed by atoms with Crippen LogP contribution in [-0.2, 0) is 4.74 Å². The summed E-state index contributed by atoms with van der Waals surface area (Å²) >= 11 is 3.68. The summed E-state index contributed by atoms with van der Waals surface area (Å²) in [5.74, 6) is 0.526. The molecule has 17 heavy (non-hydrogen) atoms. The SMILES string of the molecule is Cc1ccc2nc(C3CCOCC3)c(Br)n2c1. The first-order chi connectivity index (χ1) is 8.25. The maximum absolute atomic E-state index is 5.40. The van der Waals surface area contributed by atoms with Gasteiger partial charge in [-0.3, -0.25) is 4.40 Å². The third kappa shape index (κ3) is 2.00. The average molecular weight is 295 g/mol. The van der Waals surface area contributed by atoms with Gasteiger partial charge in [0.05, 0.1) is 5.69 Å². The van der Waals surface area contributed by atoms with Gasteiger partial charge in [0.2, 0.25) is 0 Å². The smallest absolute Gasteiger partial charge is 0.137 e. The van der Waals surface area contributed by atoms with E-state index in [4.69, 9.17) is 9.72 Å². The number of imidazole rings is 1. The molecule has 4 heteroatoms. The number of aryl methyl sites for hydroxylation is 1. The normalized spacial score (nSPS) is 17.8. The summed E-state index contributed by atoms with van der Waals surface area (Å²) < 4.78 is 8.63. The van der Waals surface area contributed by atoms with Gasteiger partial charge < -0.3 is 4.74 Å². The minimum atomic E-state index is 0.526. The molecule has 1 saturated heterocycles. The second-order valence-electron chi connectivity index (χ2n) is 4.61. The van der Waals surface area contributed by atoms with E-state index in [0.717, 1.165) is 36.3 Å². The van der Waals surface area contributed by atoms with Crippen LogP contribution in [0.5, 0.6) is 0 Å². The van der Waals surface area contributed by atoms with Crippen molar-refractivity contribution in [3.8, 4) is 0 Å². The van der Waals surface area contributed by atoms with E-state index in [1.165, 1.54) is 11.3 Å². The topological polar surface area (TPSA) is 26.5 Å². The first-order valence-electron chi connectivity index (χ1n) is 5.97. The zero-order valence-corrected chi connectivity index (χ0v) is 11.4. The fourth-order valence-electron chi connectivity index (χ4n) is 2.37. The predicted octanol–water partition coefficient (Wildman–Crippen LogP) is 3.30. The Morgan fingerprint density at radius 3 is 2.88 bits per heavy atom. The first-order valence-corrected chi connectivity index (χ1v) is 6.77. The molecule has 1 fully saturated rings. The summed E-state index contributed by atoms with van der Waals surface area (Å²) in [4.78, 5) is 4.74. The Kier molecular flexibility index (Phi) is 2.92. The van der Waals surface area contributed by atoms with Gasteiger partial charge in [0, 0.05) is 25.3 Å². The lowest BCUT2D eigenvalue weighted by Gasteiger charge is -2.20. The third-order valence-corrected chi connectivity index (χ3v) is 4.13. The molecule has 0 aromatic carbocycles. The lowest BCUT2D eigenvalue weighted by Crippen LogP contribution is -2.14. The van der Waals surface area contributed by atoms with E-state index >= 15 is 0 Å². The Morgan fingerprint density at radius 1 is 1.35 bits per heavy atom. The minimum absolute atomic E-state index is 0.526. The van der Waals surface area contributed by atoms with E-state index < -0.39 is 0 Å². The molecule has 0 unspecified atom stereocenters. The minimum Gasteiger partial charge on any atom is -0.381 e. The second kappa shape index (κ2) is 4.42. The van der Waals surface area contributed by atoms with E-state index in [2.05, 4.69) is 45.6 Å². The number of hydrogen-bond acceptors (Lipinski definition) is 2. The molecule has 0 atom stereocenters. The average Bonchev–Trinajstić information content (AvgIpc) is 2.68. The standard InChI is InChI=1S/C13H15BrN2O/c1-9-2-3-11-15-12(13(14)16(11)8-9)10-4-6-17-7-5-10/h2-3,8,10H,4-7H2,1H3. The van der Waals surface area contributed by atoms with Gasteiger partial charge in [0.15, 0.2) is 0 Å². The largest absolute Gasteiger partial charge is 0.381 e. The number of ether oxygens (including phenoxy) is 1. The van der Waals surface area contributed by atoms with Crippen molar-refractivity contribution in [3.05, 3.63) is 34.2 Å². The number of nitrogens with zero attached hydrogens (tertiary/aromatic N) is 2. The third-order valence-electron chi connectivity index (χ3n) is 3.34. The highest BCUT2D eigenvalue weighted by molar-refractivity contribution is 9.10. The maximum Gasteiger partial charge on any atom is 0.137 e. The Morgan fingerprint density at radius 2 is 2.12 bits per heavy atom. The molecule has 0 N–H and O–H groups in total. The Bertz CT molecular complexity index is 544. The van der Waals surface area contributed by atoms with Crippen LogP contribution >= 0.6 is 15.9 Å². The zero-order valence-electron chi connectivity index (χ0n) is 9.82. The molecule has 0 saturated carbocycles. The molecule has 0 bridgehead atoms. The van der Waals surface area contributed by atoms with Crippen molar-refractivity contribution in [1.29, 1.82) is 0 Å². The van der Waals surface area contributed by atoms with E-state index in [1.54, 1.807) is 0 Å². The second-order valence-corrected chi connectivity index (χ2v) is 5.36. The number of halogens is 1. The highest BCUT2D eigenvalue weighted by Crippen LogP contribution is 2.32. The number of rotatable bonds is 1. The van der Waals surface area contributed by atoms with Crippen LogP contribution in [0.4, 0.5) is 0 Å². The van der Waals surface area contributed by atoms with Crippen molar-refractivity contribution in [2.24, 2.45) is 0 Å². The van der Waals surface area contributed by atoms with Gasteiger partial charge in [-0.15, -0.1) is 0 Å². The predicted molar refractivity (Wildman–Crippen MR) is 70.4 cm³/mol. The molecule has 3 rings (SSSR count). The van der Waals surface area contributed by atoms with Crippen LogP contribution in [0.2, 0.25) is 0 Å². The molecular formula is C13H15BrN2O. The van der Waals surface area contributed by atoms with Gasteiger partial charge in [0.1, 0.15) is 10.3 Å². The van der Waals surface area contributed by atoms with Crippen LogP contribution < -0.4 is 0 Å². The van der Waals surface area contributed by atoms with Crippen molar-refractivity contribution in [3.63, 3.8) is 0 Å². The number of pyridine rings is 1. The van der Waals surface area contributed by atoms with Gasteiger partial charge in [-0.25, -0.2) is 4.98 Å². The van der Waals surface area contributed by atoms with Crippen LogP contribution in [0.1, 0.15) is 30.0 Å². The maximum atomic E-state index is 5.40. The summed E-state index contributed by atoms with van der Waals surface area (Å²) in [7, 11) is 0. The Balaban J connectivity index is 2.07.